The van der Waals surface area contributed by atoms with Gasteiger partial charge in [0.15, 0.2) is 0 Å². The zero-order valence-electron chi connectivity index (χ0n) is 21.7. The molecule has 8 N–H and O–H groups in total. The SMILES string of the molecule is CC(C)CC(NC(=O)C(C)NC(=O)C(Cc1cnc[nH]1)NC(=O)C(N)Cc1c[nH]c2ccccc12)C(=O)O. The van der Waals surface area contributed by atoms with Crippen molar-refractivity contribution in [2.24, 2.45) is 11.7 Å². The third kappa shape index (κ3) is 7.65. The van der Waals surface area contributed by atoms with Crippen LogP contribution in [0.2, 0.25) is 0 Å². The summed E-state index contributed by atoms with van der Waals surface area (Å²) in [6, 6.07) is 3.55. The molecule has 1 aromatic carbocycles. The number of amides is 3. The maximum atomic E-state index is 13.1. The molecule has 204 valence electrons. The predicted octanol–water partition coefficient (Wildman–Crippen LogP) is 0.609. The minimum atomic E-state index is -1.15. The van der Waals surface area contributed by atoms with Crippen molar-refractivity contribution >= 4 is 34.6 Å². The van der Waals surface area contributed by atoms with Gasteiger partial charge in [-0.25, -0.2) is 9.78 Å². The highest BCUT2D eigenvalue weighted by Crippen LogP contribution is 2.18. The van der Waals surface area contributed by atoms with E-state index < -0.39 is 47.9 Å². The summed E-state index contributed by atoms with van der Waals surface area (Å²) in [6.07, 6.45) is 5.35. The largest absolute Gasteiger partial charge is 0.480 e. The van der Waals surface area contributed by atoms with Crippen LogP contribution in [0.1, 0.15) is 38.4 Å². The fraction of sp³-hybridized carbons (Fsp3) is 0.423. The highest BCUT2D eigenvalue weighted by atomic mass is 16.4. The summed E-state index contributed by atoms with van der Waals surface area (Å²) in [5.41, 5.74) is 8.59. The number of aliphatic carboxylic acids is 1. The number of carboxylic acid groups (broad SMARTS) is 1. The number of aromatic amines is 2. The van der Waals surface area contributed by atoms with Gasteiger partial charge in [-0.05, 0) is 37.3 Å². The molecule has 3 rings (SSSR count). The lowest BCUT2D eigenvalue weighted by molar-refractivity contribution is -0.142. The molecule has 0 aliphatic rings. The number of nitrogens with zero attached hydrogens (tertiary/aromatic N) is 1. The Kier molecular flexibility index (Phi) is 9.61. The second kappa shape index (κ2) is 12.9. The molecule has 3 aromatic rings. The van der Waals surface area contributed by atoms with E-state index in [2.05, 4.69) is 30.9 Å². The number of benzene rings is 1. The van der Waals surface area contributed by atoms with Crippen molar-refractivity contribution in [2.75, 3.05) is 0 Å². The van der Waals surface area contributed by atoms with E-state index in [0.717, 1.165) is 16.5 Å². The van der Waals surface area contributed by atoms with E-state index in [1.807, 2.05) is 38.1 Å². The predicted molar refractivity (Wildman–Crippen MR) is 141 cm³/mol. The maximum absolute atomic E-state index is 13.1. The minimum Gasteiger partial charge on any atom is -0.480 e. The lowest BCUT2D eigenvalue weighted by Gasteiger charge is -2.23. The second-order valence-electron chi connectivity index (χ2n) is 9.77. The highest BCUT2D eigenvalue weighted by molar-refractivity contribution is 5.94. The first kappa shape index (κ1) is 28.4. The highest BCUT2D eigenvalue weighted by Gasteiger charge is 2.29. The van der Waals surface area contributed by atoms with Crippen LogP contribution in [0.5, 0.6) is 0 Å². The Hall–Kier alpha value is -4.19. The van der Waals surface area contributed by atoms with E-state index in [1.54, 1.807) is 6.20 Å². The molecule has 0 aliphatic heterocycles. The summed E-state index contributed by atoms with van der Waals surface area (Å²) < 4.78 is 0. The summed E-state index contributed by atoms with van der Waals surface area (Å²) in [7, 11) is 0. The quantitative estimate of drug-likeness (QED) is 0.170. The number of carboxylic acids is 1. The lowest BCUT2D eigenvalue weighted by atomic mass is 10.0. The van der Waals surface area contributed by atoms with Gasteiger partial charge in [-0.2, -0.15) is 0 Å². The van der Waals surface area contributed by atoms with E-state index in [0.29, 0.717) is 5.69 Å². The van der Waals surface area contributed by atoms with Crippen molar-refractivity contribution in [3.05, 3.63) is 54.2 Å². The number of H-pyrrole nitrogens is 2. The summed E-state index contributed by atoms with van der Waals surface area (Å²) in [4.78, 5) is 60.2. The maximum Gasteiger partial charge on any atom is 0.326 e. The minimum absolute atomic E-state index is 0.0451. The Morgan fingerprint density at radius 2 is 1.66 bits per heavy atom. The summed E-state index contributed by atoms with van der Waals surface area (Å²) in [5.74, 6) is -2.91. The molecule has 0 saturated carbocycles. The third-order valence-electron chi connectivity index (χ3n) is 6.14. The second-order valence-corrected chi connectivity index (χ2v) is 9.77. The average Bonchev–Trinajstić information content (AvgIpc) is 3.52. The monoisotopic (exact) mass is 525 g/mol. The molecule has 0 bridgehead atoms. The van der Waals surface area contributed by atoms with Crippen LogP contribution in [0, 0.1) is 5.92 Å². The first-order chi connectivity index (χ1) is 18.0. The normalized spacial score (nSPS) is 14.4. The van der Waals surface area contributed by atoms with Crippen LogP contribution in [0.3, 0.4) is 0 Å². The zero-order valence-corrected chi connectivity index (χ0v) is 21.7. The fourth-order valence-electron chi connectivity index (χ4n) is 4.10. The number of rotatable bonds is 13. The summed E-state index contributed by atoms with van der Waals surface area (Å²) in [5, 5.41) is 18.1. The van der Waals surface area contributed by atoms with Gasteiger partial charge in [0.25, 0.3) is 0 Å². The Bertz CT molecular complexity index is 1250. The van der Waals surface area contributed by atoms with Gasteiger partial charge in [0.05, 0.1) is 12.4 Å². The molecule has 4 atom stereocenters. The number of hydrogen-bond acceptors (Lipinski definition) is 6. The number of carbonyl (C=O) groups excluding carboxylic acids is 3. The molecule has 0 fully saturated rings. The zero-order chi connectivity index (χ0) is 27.8. The van der Waals surface area contributed by atoms with Crippen molar-refractivity contribution in [3.8, 4) is 0 Å². The lowest BCUT2D eigenvalue weighted by Crippen LogP contribution is -2.57. The molecule has 0 spiro atoms. The van der Waals surface area contributed by atoms with E-state index >= 15 is 0 Å². The molecule has 2 heterocycles. The molecule has 12 heteroatoms. The molecule has 38 heavy (non-hydrogen) atoms. The molecule has 2 aromatic heterocycles. The number of fused-ring (bicyclic) bond motifs is 1. The van der Waals surface area contributed by atoms with Gasteiger partial charge < -0.3 is 36.8 Å². The first-order valence-corrected chi connectivity index (χ1v) is 12.5. The topological polar surface area (TPSA) is 195 Å². The van der Waals surface area contributed by atoms with Crippen molar-refractivity contribution in [2.45, 2.75) is 64.2 Å². The fourth-order valence-corrected chi connectivity index (χ4v) is 4.10. The number of hydrogen-bond donors (Lipinski definition) is 7. The first-order valence-electron chi connectivity index (χ1n) is 12.5. The van der Waals surface area contributed by atoms with Crippen LogP contribution in [0.15, 0.2) is 43.0 Å². The standard InChI is InChI=1S/C26H35N7O5/c1-14(2)8-22(26(37)38)33-23(34)15(3)31-25(36)21(10-17-12-28-13-30-17)32-24(35)19(27)9-16-11-29-20-7-5-4-6-18(16)20/h4-7,11-15,19,21-22,29H,8-10,27H2,1-3H3,(H,28,30)(H,31,36)(H,32,35)(H,33,34)(H,37,38). The van der Waals surface area contributed by atoms with E-state index in [9.17, 15) is 24.3 Å². The van der Waals surface area contributed by atoms with Gasteiger partial charge in [0.1, 0.15) is 18.1 Å². The van der Waals surface area contributed by atoms with Gasteiger partial charge >= 0.3 is 5.97 Å². The molecular formula is C26H35N7O5. The van der Waals surface area contributed by atoms with Crippen LogP contribution in [0.4, 0.5) is 0 Å². The molecule has 4 unspecified atom stereocenters. The van der Waals surface area contributed by atoms with Gasteiger partial charge in [0.2, 0.25) is 17.7 Å². The molecule has 0 saturated heterocycles. The summed E-state index contributed by atoms with van der Waals surface area (Å²) >= 11 is 0. The van der Waals surface area contributed by atoms with Gasteiger partial charge in [-0.15, -0.1) is 0 Å². The van der Waals surface area contributed by atoms with Crippen molar-refractivity contribution in [1.29, 1.82) is 0 Å². The Morgan fingerprint density at radius 3 is 2.32 bits per heavy atom. The number of aromatic nitrogens is 3. The number of imidazole rings is 1. The van der Waals surface area contributed by atoms with Gasteiger partial charge in [-0.1, -0.05) is 32.0 Å². The third-order valence-corrected chi connectivity index (χ3v) is 6.14. The molecule has 3 amide bonds. The van der Waals surface area contributed by atoms with Crippen molar-refractivity contribution < 1.29 is 24.3 Å². The smallest absolute Gasteiger partial charge is 0.326 e. The molecule has 0 aliphatic carbocycles. The average molecular weight is 526 g/mol. The summed E-state index contributed by atoms with van der Waals surface area (Å²) in [6.45, 7) is 5.14. The molecular weight excluding hydrogens is 490 g/mol. The molecule has 12 nitrogen and oxygen atoms in total. The van der Waals surface area contributed by atoms with Crippen LogP contribution in [0.25, 0.3) is 10.9 Å². The van der Waals surface area contributed by atoms with E-state index in [4.69, 9.17) is 5.73 Å². The van der Waals surface area contributed by atoms with Gasteiger partial charge in [0, 0.05) is 35.4 Å². The Labute approximate surface area is 220 Å². The number of nitrogens with two attached hydrogens (primary N) is 1. The number of nitrogens with one attached hydrogen (secondary N) is 5. The number of carbonyl (C=O) groups is 4. The van der Waals surface area contributed by atoms with E-state index in [1.165, 1.54) is 19.4 Å². The molecule has 0 radical (unpaired) electrons. The van der Waals surface area contributed by atoms with Crippen LogP contribution < -0.4 is 21.7 Å². The van der Waals surface area contributed by atoms with Crippen LogP contribution >= 0.6 is 0 Å². The van der Waals surface area contributed by atoms with Crippen molar-refractivity contribution in [3.63, 3.8) is 0 Å². The van der Waals surface area contributed by atoms with Crippen LogP contribution in [-0.2, 0) is 32.0 Å². The Balaban J connectivity index is 1.66. The Morgan fingerprint density at radius 1 is 0.947 bits per heavy atom. The van der Waals surface area contributed by atoms with Crippen LogP contribution in [-0.4, -0.2) is 67.9 Å². The van der Waals surface area contributed by atoms with E-state index in [-0.39, 0.29) is 25.2 Å². The van der Waals surface area contributed by atoms with Crippen molar-refractivity contribution in [1.82, 2.24) is 30.9 Å². The van der Waals surface area contributed by atoms with Gasteiger partial charge in [-0.3, -0.25) is 14.4 Å². The number of para-hydroxylation sites is 1.